The molecule has 0 aliphatic heterocycles. The summed E-state index contributed by atoms with van der Waals surface area (Å²) >= 11 is 1.46. The van der Waals surface area contributed by atoms with Crippen molar-refractivity contribution in [2.24, 2.45) is 0 Å². The average Bonchev–Trinajstić information content (AvgIpc) is 3.04. The highest BCUT2D eigenvalue weighted by Crippen LogP contribution is 2.29. The number of thiophene rings is 1. The van der Waals surface area contributed by atoms with Crippen molar-refractivity contribution < 1.29 is 32.9 Å². The molecule has 2 N–H and O–H groups in total. The number of benzene rings is 1. The van der Waals surface area contributed by atoms with Crippen LogP contribution in [0, 0.1) is 6.92 Å². The molecule has 0 aliphatic rings. The minimum Gasteiger partial charge on any atom is -0.508 e. The van der Waals surface area contributed by atoms with Gasteiger partial charge in [-0.1, -0.05) is 0 Å². The number of aliphatic hydroxyl groups excluding tert-OH is 1. The molecule has 154 valence electrons. The molecule has 10 heteroatoms. The van der Waals surface area contributed by atoms with Crippen molar-refractivity contribution in [3.8, 4) is 5.75 Å². The second kappa shape index (κ2) is 8.34. The Morgan fingerprint density at radius 2 is 2.07 bits per heavy atom. The van der Waals surface area contributed by atoms with Crippen LogP contribution in [0.3, 0.4) is 0 Å². The first-order valence-corrected chi connectivity index (χ1v) is 9.46. The van der Waals surface area contributed by atoms with Crippen molar-refractivity contribution in [1.29, 1.82) is 0 Å². The first-order chi connectivity index (χ1) is 13.6. The summed E-state index contributed by atoms with van der Waals surface area (Å²) in [6.07, 6.45) is -5.07. The number of aryl methyl sites for hydroxylation is 1. The second-order valence-electron chi connectivity index (χ2n) is 6.38. The van der Waals surface area contributed by atoms with Crippen molar-refractivity contribution >= 4 is 27.4 Å². The van der Waals surface area contributed by atoms with Gasteiger partial charge >= 0.3 is 12.1 Å². The maximum Gasteiger partial charge on any atom is 0.451 e. The van der Waals surface area contributed by atoms with E-state index < -0.39 is 24.1 Å². The SMILES string of the molecule is Cc1nc(C(F)(F)F)ncc1CC(O)C(=O)OCCc1csc2cc(O)ccc12. The molecule has 2 heterocycles. The smallest absolute Gasteiger partial charge is 0.451 e. The van der Waals surface area contributed by atoms with E-state index in [0.717, 1.165) is 21.8 Å². The van der Waals surface area contributed by atoms with Crippen LogP contribution in [0.5, 0.6) is 5.75 Å². The number of carbonyl (C=O) groups is 1. The Morgan fingerprint density at radius 1 is 1.31 bits per heavy atom. The normalized spacial score (nSPS) is 12.9. The lowest BCUT2D eigenvalue weighted by molar-refractivity contribution is -0.153. The Morgan fingerprint density at radius 3 is 2.76 bits per heavy atom. The predicted molar refractivity (Wildman–Crippen MR) is 99.6 cm³/mol. The van der Waals surface area contributed by atoms with Gasteiger partial charge in [-0.2, -0.15) is 13.2 Å². The fourth-order valence-corrected chi connectivity index (χ4v) is 3.77. The van der Waals surface area contributed by atoms with Gasteiger partial charge in [0.1, 0.15) is 5.75 Å². The summed E-state index contributed by atoms with van der Waals surface area (Å²) in [4.78, 5) is 18.6. The molecular formula is C19H17F3N2O4S. The molecule has 0 radical (unpaired) electrons. The number of hydrogen-bond acceptors (Lipinski definition) is 7. The van der Waals surface area contributed by atoms with E-state index in [2.05, 4.69) is 9.97 Å². The first kappa shape index (κ1) is 21.0. The van der Waals surface area contributed by atoms with Gasteiger partial charge in [-0.05, 0) is 47.0 Å². The highest BCUT2D eigenvalue weighted by atomic mass is 32.1. The van der Waals surface area contributed by atoms with Gasteiger partial charge < -0.3 is 14.9 Å². The van der Waals surface area contributed by atoms with E-state index in [4.69, 9.17) is 4.74 Å². The minimum absolute atomic E-state index is 0.0328. The van der Waals surface area contributed by atoms with Gasteiger partial charge in [-0.3, -0.25) is 0 Å². The summed E-state index contributed by atoms with van der Waals surface area (Å²) in [5, 5.41) is 22.3. The number of aromatic hydroxyl groups is 1. The zero-order chi connectivity index (χ0) is 21.2. The molecule has 0 spiro atoms. The molecule has 0 saturated heterocycles. The van der Waals surface area contributed by atoms with E-state index in [9.17, 15) is 28.2 Å². The third-order valence-corrected chi connectivity index (χ3v) is 5.27. The number of hydrogen-bond donors (Lipinski definition) is 2. The zero-order valence-electron chi connectivity index (χ0n) is 15.2. The lowest BCUT2D eigenvalue weighted by Crippen LogP contribution is -2.27. The maximum atomic E-state index is 12.6. The average molecular weight is 426 g/mol. The third-order valence-electron chi connectivity index (χ3n) is 4.27. The summed E-state index contributed by atoms with van der Waals surface area (Å²) < 4.78 is 43.8. The summed E-state index contributed by atoms with van der Waals surface area (Å²) in [5.41, 5.74) is 1.21. The van der Waals surface area contributed by atoms with Crippen LogP contribution in [0.4, 0.5) is 13.2 Å². The molecule has 6 nitrogen and oxygen atoms in total. The Bertz CT molecular complexity index is 1040. The van der Waals surface area contributed by atoms with E-state index in [0.29, 0.717) is 6.42 Å². The van der Waals surface area contributed by atoms with Crippen molar-refractivity contribution in [2.75, 3.05) is 6.61 Å². The number of rotatable bonds is 6. The van der Waals surface area contributed by atoms with Crippen LogP contribution in [-0.4, -0.2) is 38.9 Å². The Hall–Kier alpha value is -2.72. The second-order valence-corrected chi connectivity index (χ2v) is 7.29. The van der Waals surface area contributed by atoms with Crippen molar-refractivity contribution in [3.63, 3.8) is 0 Å². The number of nitrogens with zero attached hydrogens (tertiary/aromatic N) is 2. The highest BCUT2D eigenvalue weighted by Gasteiger charge is 2.35. The largest absolute Gasteiger partial charge is 0.508 e. The van der Waals surface area contributed by atoms with E-state index in [1.165, 1.54) is 18.3 Å². The molecule has 0 amide bonds. The monoisotopic (exact) mass is 426 g/mol. The van der Waals surface area contributed by atoms with Gasteiger partial charge in [0.15, 0.2) is 6.10 Å². The van der Waals surface area contributed by atoms with Crippen LogP contribution >= 0.6 is 11.3 Å². The van der Waals surface area contributed by atoms with E-state index in [1.807, 2.05) is 5.38 Å². The number of phenols is 1. The van der Waals surface area contributed by atoms with Gasteiger partial charge in [0.05, 0.1) is 6.61 Å². The number of alkyl halides is 3. The van der Waals surface area contributed by atoms with E-state index in [-0.39, 0.29) is 30.0 Å². The number of phenolic OH excluding ortho intramolecular Hbond substituents is 1. The molecule has 3 aromatic rings. The van der Waals surface area contributed by atoms with Crippen LogP contribution < -0.4 is 0 Å². The van der Waals surface area contributed by atoms with Gasteiger partial charge in [-0.25, -0.2) is 14.8 Å². The third kappa shape index (κ3) is 5.01. The summed E-state index contributed by atoms with van der Waals surface area (Å²) in [6, 6.07) is 5.00. The van der Waals surface area contributed by atoms with Crippen molar-refractivity contribution in [1.82, 2.24) is 9.97 Å². The Labute approximate surface area is 167 Å². The Kier molecular flexibility index (Phi) is 6.04. The molecule has 1 unspecified atom stereocenters. The number of halogens is 3. The minimum atomic E-state index is -4.66. The molecule has 0 aliphatic carbocycles. The summed E-state index contributed by atoms with van der Waals surface area (Å²) in [7, 11) is 0. The van der Waals surface area contributed by atoms with Crippen LogP contribution in [-0.2, 0) is 28.5 Å². The molecule has 0 fully saturated rings. The van der Waals surface area contributed by atoms with Crippen LogP contribution in [0.2, 0.25) is 0 Å². The molecule has 0 bridgehead atoms. The quantitative estimate of drug-likeness (QED) is 0.587. The fraction of sp³-hybridized carbons (Fsp3) is 0.316. The van der Waals surface area contributed by atoms with E-state index >= 15 is 0 Å². The first-order valence-electron chi connectivity index (χ1n) is 8.58. The van der Waals surface area contributed by atoms with Gasteiger partial charge in [-0.15, -0.1) is 11.3 Å². The number of aliphatic hydroxyl groups is 1. The standard InChI is InChI=1S/C19H17F3N2O4S/c1-10-12(8-23-18(24-10)19(20,21)22)6-15(26)17(27)28-5-4-11-9-29-16-7-13(25)2-3-14(11)16/h2-3,7-9,15,25-26H,4-6H2,1H3. The lowest BCUT2D eigenvalue weighted by Gasteiger charge is -2.13. The highest BCUT2D eigenvalue weighted by molar-refractivity contribution is 7.17. The Balaban J connectivity index is 1.55. The van der Waals surface area contributed by atoms with E-state index in [1.54, 1.807) is 18.2 Å². The van der Waals surface area contributed by atoms with Crippen molar-refractivity contribution in [2.45, 2.75) is 32.0 Å². The molecule has 1 atom stereocenters. The maximum absolute atomic E-state index is 12.6. The number of aromatic nitrogens is 2. The van der Waals surface area contributed by atoms with Gasteiger partial charge in [0.25, 0.3) is 0 Å². The molecule has 29 heavy (non-hydrogen) atoms. The number of carbonyl (C=O) groups excluding carboxylic acids is 1. The predicted octanol–water partition coefficient (Wildman–Crippen LogP) is 3.41. The molecule has 0 saturated carbocycles. The zero-order valence-corrected chi connectivity index (χ0v) is 16.0. The van der Waals surface area contributed by atoms with Crippen LogP contribution in [0.25, 0.3) is 10.1 Å². The molecule has 2 aromatic heterocycles. The van der Waals surface area contributed by atoms with Gasteiger partial charge in [0, 0.05) is 29.4 Å². The molecular weight excluding hydrogens is 409 g/mol. The fourth-order valence-electron chi connectivity index (χ4n) is 2.74. The van der Waals surface area contributed by atoms with Crippen LogP contribution in [0.1, 0.15) is 22.6 Å². The lowest BCUT2D eigenvalue weighted by atomic mass is 10.1. The summed E-state index contributed by atoms with van der Waals surface area (Å²) in [6.45, 7) is 1.38. The van der Waals surface area contributed by atoms with Crippen LogP contribution in [0.15, 0.2) is 29.8 Å². The molecule has 1 aromatic carbocycles. The van der Waals surface area contributed by atoms with Crippen molar-refractivity contribution in [3.05, 3.63) is 52.4 Å². The topological polar surface area (TPSA) is 92.5 Å². The summed E-state index contributed by atoms with van der Waals surface area (Å²) in [5.74, 6) is -1.98. The number of esters is 1. The number of fused-ring (bicyclic) bond motifs is 1. The molecule has 3 rings (SSSR count). The van der Waals surface area contributed by atoms with Gasteiger partial charge in [0.2, 0.25) is 5.82 Å². The number of ether oxygens (including phenoxy) is 1.